The molecule has 0 bridgehead atoms. The normalized spacial score (nSPS) is 11.1. The lowest BCUT2D eigenvalue weighted by atomic mass is 10.0. The molecule has 0 spiro atoms. The zero-order chi connectivity index (χ0) is 21.4. The fraction of sp³-hybridized carbons (Fsp3) is 0.0870. The van der Waals surface area contributed by atoms with E-state index >= 15 is 0 Å². The second kappa shape index (κ2) is 7.73. The number of thiophene rings is 1. The van der Waals surface area contributed by atoms with Gasteiger partial charge in [0.15, 0.2) is 0 Å². The molecule has 152 valence electrons. The van der Waals surface area contributed by atoms with Crippen molar-refractivity contribution in [3.8, 4) is 11.3 Å². The molecule has 1 aromatic carbocycles. The van der Waals surface area contributed by atoms with Gasteiger partial charge < -0.3 is 9.88 Å². The molecule has 0 saturated heterocycles. The predicted octanol–water partition coefficient (Wildman–Crippen LogP) is 3.87. The average molecular weight is 427 g/mol. The summed E-state index contributed by atoms with van der Waals surface area (Å²) in [5.74, 6) is 0.259. The SMILES string of the molecule is CN(Cc1nc2ccsc2c(=O)[nH]1)C(=O)c1cc(-c2cccnc2)nc2ccccc12. The van der Waals surface area contributed by atoms with Crippen molar-refractivity contribution in [3.05, 3.63) is 88.0 Å². The minimum absolute atomic E-state index is 0.179. The number of aromatic nitrogens is 4. The van der Waals surface area contributed by atoms with Crippen molar-refractivity contribution in [2.45, 2.75) is 6.54 Å². The smallest absolute Gasteiger partial charge is 0.268 e. The highest BCUT2D eigenvalue weighted by molar-refractivity contribution is 7.17. The van der Waals surface area contributed by atoms with E-state index in [0.29, 0.717) is 27.3 Å². The van der Waals surface area contributed by atoms with Gasteiger partial charge in [0.05, 0.1) is 28.8 Å². The average Bonchev–Trinajstić information content (AvgIpc) is 3.27. The molecule has 1 amide bonds. The molecular weight excluding hydrogens is 410 g/mol. The van der Waals surface area contributed by atoms with Crippen molar-refractivity contribution >= 4 is 38.4 Å². The van der Waals surface area contributed by atoms with Gasteiger partial charge in [-0.05, 0) is 35.7 Å². The van der Waals surface area contributed by atoms with Crippen molar-refractivity contribution < 1.29 is 4.79 Å². The van der Waals surface area contributed by atoms with E-state index in [2.05, 4.69) is 15.0 Å². The van der Waals surface area contributed by atoms with Crippen LogP contribution in [0.15, 0.2) is 71.1 Å². The Bertz CT molecular complexity index is 1480. The monoisotopic (exact) mass is 427 g/mol. The Labute approximate surface area is 181 Å². The maximum Gasteiger partial charge on any atom is 0.268 e. The van der Waals surface area contributed by atoms with Crippen LogP contribution in [0.3, 0.4) is 0 Å². The summed E-state index contributed by atoms with van der Waals surface area (Å²) in [5, 5.41) is 2.59. The van der Waals surface area contributed by atoms with Crippen molar-refractivity contribution in [1.29, 1.82) is 0 Å². The molecule has 0 saturated carbocycles. The zero-order valence-corrected chi connectivity index (χ0v) is 17.4. The highest BCUT2D eigenvalue weighted by Gasteiger charge is 2.19. The number of H-pyrrole nitrogens is 1. The number of hydrogen-bond acceptors (Lipinski definition) is 6. The first-order valence-electron chi connectivity index (χ1n) is 9.62. The van der Waals surface area contributed by atoms with Gasteiger partial charge in [-0.1, -0.05) is 18.2 Å². The lowest BCUT2D eigenvalue weighted by Crippen LogP contribution is -2.28. The highest BCUT2D eigenvalue weighted by atomic mass is 32.1. The number of amides is 1. The van der Waals surface area contributed by atoms with Crippen molar-refractivity contribution in [2.75, 3.05) is 7.05 Å². The Morgan fingerprint density at radius 2 is 1.97 bits per heavy atom. The van der Waals surface area contributed by atoms with Gasteiger partial charge in [-0.25, -0.2) is 9.97 Å². The minimum Gasteiger partial charge on any atom is -0.334 e. The van der Waals surface area contributed by atoms with Crippen LogP contribution >= 0.6 is 11.3 Å². The molecule has 4 aromatic heterocycles. The number of hydrogen-bond donors (Lipinski definition) is 1. The summed E-state index contributed by atoms with van der Waals surface area (Å²) < 4.78 is 0.582. The largest absolute Gasteiger partial charge is 0.334 e. The van der Waals surface area contributed by atoms with Crippen LogP contribution in [0, 0.1) is 0 Å². The van der Waals surface area contributed by atoms with Crippen molar-refractivity contribution in [2.24, 2.45) is 0 Å². The van der Waals surface area contributed by atoms with Gasteiger partial charge in [0.25, 0.3) is 11.5 Å². The number of nitrogens with zero attached hydrogens (tertiary/aromatic N) is 4. The van der Waals surface area contributed by atoms with Gasteiger partial charge in [0.1, 0.15) is 10.5 Å². The Kier molecular flexibility index (Phi) is 4.76. The summed E-state index contributed by atoms with van der Waals surface area (Å²) in [6, 6.07) is 14.9. The van der Waals surface area contributed by atoms with E-state index < -0.39 is 0 Å². The Morgan fingerprint density at radius 1 is 1.10 bits per heavy atom. The summed E-state index contributed by atoms with van der Waals surface area (Å²) in [4.78, 5) is 43.3. The van der Waals surface area contributed by atoms with Crippen molar-refractivity contribution in [3.63, 3.8) is 0 Å². The maximum atomic E-state index is 13.4. The van der Waals surface area contributed by atoms with Crippen LogP contribution in [-0.4, -0.2) is 37.8 Å². The summed E-state index contributed by atoms with van der Waals surface area (Å²) in [5.41, 5.74) is 3.22. The van der Waals surface area contributed by atoms with Gasteiger partial charge in [-0.15, -0.1) is 11.3 Å². The number of rotatable bonds is 4. The number of pyridine rings is 2. The molecule has 0 aliphatic rings. The van der Waals surface area contributed by atoms with Crippen LogP contribution in [0.25, 0.3) is 32.4 Å². The number of aromatic amines is 1. The van der Waals surface area contributed by atoms with Gasteiger partial charge in [-0.3, -0.25) is 14.6 Å². The first-order valence-corrected chi connectivity index (χ1v) is 10.5. The van der Waals surface area contributed by atoms with E-state index in [1.165, 1.54) is 11.3 Å². The van der Waals surface area contributed by atoms with E-state index in [-0.39, 0.29) is 18.0 Å². The summed E-state index contributed by atoms with van der Waals surface area (Å²) in [7, 11) is 1.69. The van der Waals surface area contributed by atoms with Gasteiger partial charge in [0, 0.05) is 30.4 Å². The predicted molar refractivity (Wildman–Crippen MR) is 121 cm³/mol. The maximum absolute atomic E-state index is 13.4. The number of fused-ring (bicyclic) bond motifs is 2. The molecule has 0 radical (unpaired) electrons. The standard InChI is InChI=1S/C23H17N5O2S/c1-28(13-20-26-18-8-10-31-21(18)22(29)27-20)23(30)16-11-19(14-5-4-9-24-12-14)25-17-7-3-2-6-15(16)17/h2-12H,13H2,1H3,(H,26,27,29). The quantitative estimate of drug-likeness (QED) is 0.470. The number of para-hydroxylation sites is 1. The number of benzene rings is 1. The topological polar surface area (TPSA) is 91.8 Å². The van der Waals surface area contributed by atoms with Gasteiger partial charge >= 0.3 is 0 Å². The van der Waals surface area contributed by atoms with Crippen LogP contribution in [0.2, 0.25) is 0 Å². The molecule has 5 rings (SSSR count). The lowest BCUT2D eigenvalue weighted by molar-refractivity contribution is 0.0783. The minimum atomic E-state index is -0.191. The van der Waals surface area contributed by atoms with Crippen LogP contribution in [0.4, 0.5) is 0 Å². The molecule has 0 aliphatic carbocycles. The molecule has 0 unspecified atom stereocenters. The molecule has 4 heterocycles. The number of carbonyl (C=O) groups excluding carboxylic acids is 1. The van der Waals surface area contributed by atoms with Crippen LogP contribution in [0.1, 0.15) is 16.2 Å². The van der Waals surface area contributed by atoms with Crippen LogP contribution in [0.5, 0.6) is 0 Å². The molecule has 7 nitrogen and oxygen atoms in total. The first-order chi connectivity index (χ1) is 15.1. The lowest BCUT2D eigenvalue weighted by Gasteiger charge is -2.18. The molecule has 0 atom stereocenters. The Morgan fingerprint density at radius 3 is 2.81 bits per heavy atom. The number of nitrogens with one attached hydrogen (secondary N) is 1. The van der Waals surface area contributed by atoms with E-state index in [4.69, 9.17) is 4.98 Å². The van der Waals surface area contributed by atoms with E-state index in [0.717, 1.165) is 16.5 Å². The third kappa shape index (κ3) is 3.57. The molecule has 5 aromatic rings. The Hall–Kier alpha value is -3.91. The molecular formula is C23H17N5O2S. The van der Waals surface area contributed by atoms with Gasteiger partial charge in [-0.2, -0.15) is 0 Å². The molecule has 0 fully saturated rings. The zero-order valence-electron chi connectivity index (χ0n) is 16.6. The van der Waals surface area contributed by atoms with E-state index in [1.54, 1.807) is 36.5 Å². The summed E-state index contributed by atoms with van der Waals surface area (Å²) in [6.07, 6.45) is 3.42. The molecule has 0 aliphatic heterocycles. The summed E-state index contributed by atoms with van der Waals surface area (Å²) in [6.45, 7) is 0.179. The number of carbonyl (C=O) groups is 1. The second-order valence-electron chi connectivity index (χ2n) is 7.12. The van der Waals surface area contributed by atoms with Crippen LogP contribution < -0.4 is 5.56 Å². The fourth-order valence-corrected chi connectivity index (χ4v) is 4.24. The third-order valence-electron chi connectivity index (χ3n) is 5.00. The summed E-state index contributed by atoms with van der Waals surface area (Å²) >= 11 is 1.35. The molecule has 8 heteroatoms. The first kappa shape index (κ1) is 19.1. The molecule has 1 N–H and O–H groups in total. The van der Waals surface area contributed by atoms with E-state index in [9.17, 15) is 9.59 Å². The van der Waals surface area contributed by atoms with Crippen LogP contribution in [-0.2, 0) is 6.54 Å². The second-order valence-corrected chi connectivity index (χ2v) is 8.04. The highest BCUT2D eigenvalue weighted by Crippen LogP contribution is 2.25. The fourth-order valence-electron chi connectivity index (χ4n) is 3.51. The van der Waals surface area contributed by atoms with Gasteiger partial charge in [0.2, 0.25) is 0 Å². The van der Waals surface area contributed by atoms with E-state index in [1.807, 2.05) is 41.8 Å². The Balaban J connectivity index is 1.54. The molecule has 31 heavy (non-hydrogen) atoms. The third-order valence-corrected chi connectivity index (χ3v) is 5.90. The van der Waals surface area contributed by atoms with Crippen molar-refractivity contribution in [1.82, 2.24) is 24.8 Å².